The van der Waals surface area contributed by atoms with E-state index in [0.29, 0.717) is 10.9 Å². The first-order valence-electron chi connectivity index (χ1n) is 6.35. The van der Waals surface area contributed by atoms with E-state index in [1.54, 1.807) is 48.5 Å². The van der Waals surface area contributed by atoms with Gasteiger partial charge in [0, 0.05) is 11.6 Å². The summed E-state index contributed by atoms with van der Waals surface area (Å²) in [5.74, 6) is 0.204. The van der Waals surface area contributed by atoms with Gasteiger partial charge >= 0.3 is 0 Å². The van der Waals surface area contributed by atoms with Crippen molar-refractivity contribution in [3.05, 3.63) is 60.2 Å². The minimum absolute atomic E-state index is 0.204. The Morgan fingerprint density at radius 1 is 1.14 bits per heavy atom. The molecule has 0 aliphatic carbocycles. The topological polar surface area (TPSA) is 84.2 Å². The van der Waals surface area contributed by atoms with Crippen LogP contribution in [0.1, 0.15) is 5.56 Å². The number of nitriles is 1. The average molecular weight is 335 g/mol. The first-order valence-corrected chi connectivity index (χ1v) is 10.2. The fourth-order valence-electron chi connectivity index (χ4n) is 1.91. The van der Waals surface area contributed by atoms with E-state index in [1.807, 2.05) is 6.07 Å². The molecule has 0 amide bonds. The van der Waals surface area contributed by atoms with Crippen molar-refractivity contribution < 1.29 is 17.5 Å². The quantitative estimate of drug-likeness (QED) is 0.784. The summed E-state index contributed by atoms with van der Waals surface area (Å²) in [4.78, 5) is 0. The molecule has 1 unspecified atom stereocenters. The van der Waals surface area contributed by atoms with Gasteiger partial charge in [0.2, 0.25) is 0 Å². The lowest BCUT2D eigenvalue weighted by molar-refractivity contribution is 0.496. The Kier molecular flexibility index (Phi) is 4.70. The Bertz CT molecular complexity index is 857. The Balaban J connectivity index is 2.46. The molecule has 1 atom stereocenters. The van der Waals surface area contributed by atoms with Gasteiger partial charge in [-0.3, -0.25) is 4.57 Å². The lowest BCUT2D eigenvalue weighted by Gasteiger charge is -2.19. The van der Waals surface area contributed by atoms with Crippen molar-refractivity contribution in [3.8, 4) is 11.8 Å². The molecule has 7 heteroatoms. The number of rotatable bonds is 5. The van der Waals surface area contributed by atoms with E-state index in [1.165, 1.54) is 6.07 Å². The molecule has 0 spiro atoms. The fourth-order valence-corrected chi connectivity index (χ4v) is 6.37. The van der Waals surface area contributed by atoms with Crippen LogP contribution in [0, 0.1) is 11.3 Å². The second kappa shape index (κ2) is 6.35. The molecule has 0 saturated heterocycles. The van der Waals surface area contributed by atoms with Crippen LogP contribution >= 0.6 is 7.37 Å². The SMILES string of the molecule is CS(=O)(=O)CP(=O)(Oc1cccc(C#N)c1)c1ccccc1. The first kappa shape index (κ1) is 16.3. The van der Waals surface area contributed by atoms with Crippen molar-refractivity contribution in [2.24, 2.45) is 0 Å². The summed E-state index contributed by atoms with van der Waals surface area (Å²) < 4.78 is 41.9. The first-order chi connectivity index (χ1) is 10.3. The van der Waals surface area contributed by atoms with Crippen LogP contribution in [0.25, 0.3) is 0 Å². The maximum atomic E-state index is 13.1. The lowest BCUT2D eigenvalue weighted by atomic mass is 10.2. The van der Waals surface area contributed by atoms with Crippen LogP contribution in [0.2, 0.25) is 0 Å². The highest BCUT2D eigenvalue weighted by Crippen LogP contribution is 2.47. The van der Waals surface area contributed by atoms with Gasteiger partial charge < -0.3 is 4.52 Å². The number of nitrogens with zero attached hydrogens (tertiary/aromatic N) is 1. The lowest BCUT2D eigenvalue weighted by Crippen LogP contribution is -2.17. The normalized spacial score (nSPS) is 13.8. The van der Waals surface area contributed by atoms with Crippen molar-refractivity contribution in [1.82, 2.24) is 0 Å². The van der Waals surface area contributed by atoms with Gasteiger partial charge in [0.25, 0.3) is 7.37 Å². The highest BCUT2D eigenvalue weighted by atomic mass is 32.2. The summed E-state index contributed by atoms with van der Waals surface area (Å²) in [6, 6.07) is 16.3. The molecule has 0 N–H and O–H groups in total. The highest BCUT2D eigenvalue weighted by molar-refractivity contribution is 7.99. The van der Waals surface area contributed by atoms with E-state index in [0.717, 1.165) is 6.26 Å². The third-order valence-electron chi connectivity index (χ3n) is 2.77. The molecule has 2 rings (SSSR count). The van der Waals surface area contributed by atoms with Gasteiger partial charge in [0.05, 0.1) is 11.6 Å². The molecule has 0 fully saturated rings. The molecule has 114 valence electrons. The predicted molar refractivity (Wildman–Crippen MR) is 85.2 cm³/mol. The Morgan fingerprint density at radius 2 is 1.82 bits per heavy atom. The zero-order valence-corrected chi connectivity index (χ0v) is 13.5. The second-order valence-corrected chi connectivity index (χ2v) is 9.72. The second-order valence-electron chi connectivity index (χ2n) is 4.79. The number of sulfone groups is 1. The van der Waals surface area contributed by atoms with Crippen molar-refractivity contribution in [2.75, 3.05) is 11.7 Å². The van der Waals surface area contributed by atoms with Gasteiger partial charge in [-0.05, 0) is 30.3 Å². The molecule has 2 aromatic carbocycles. The van der Waals surface area contributed by atoms with Gasteiger partial charge in [-0.2, -0.15) is 5.26 Å². The van der Waals surface area contributed by atoms with E-state index in [9.17, 15) is 13.0 Å². The predicted octanol–water partition coefficient (Wildman–Crippen LogP) is 2.54. The number of benzene rings is 2. The Morgan fingerprint density at radius 3 is 2.41 bits per heavy atom. The molecule has 0 heterocycles. The van der Waals surface area contributed by atoms with Crippen LogP contribution in [0.5, 0.6) is 5.75 Å². The zero-order valence-electron chi connectivity index (χ0n) is 11.8. The zero-order chi connectivity index (χ0) is 16.2. The summed E-state index contributed by atoms with van der Waals surface area (Å²) in [7, 11) is -7.16. The third-order valence-corrected chi connectivity index (χ3v) is 7.60. The van der Waals surface area contributed by atoms with Gasteiger partial charge in [-0.25, -0.2) is 8.42 Å². The number of hydrogen-bond acceptors (Lipinski definition) is 5. The van der Waals surface area contributed by atoms with Crippen LogP contribution in [0.15, 0.2) is 54.6 Å². The van der Waals surface area contributed by atoms with Gasteiger partial charge in [-0.1, -0.05) is 24.3 Å². The molecular formula is C15H14NO4PS. The molecule has 0 saturated carbocycles. The van der Waals surface area contributed by atoms with Crippen LogP contribution in [-0.4, -0.2) is 20.2 Å². The van der Waals surface area contributed by atoms with E-state index in [2.05, 4.69) is 0 Å². The summed E-state index contributed by atoms with van der Waals surface area (Å²) in [5.41, 5.74) is -0.252. The van der Waals surface area contributed by atoms with Crippen LogP contribution in [-0.2, 0) is 14.4 Å². The fraction of sp³-hybridized carbons (Fsp3) is 0.133. The summed E-state index contributed by atoms with van der Waals surface area (Å²) >= 11 is 0. The molecule has 0 aromatic heterocycles. The Labute approximate surface area is 129 Å². The largest absolute Gasteiger partial charge is 0.439 e. The molecule has 0 radical (unpaired) electrons. The van der Waals surface area contributed by atoms with Gasteiger partial charge in [0.15, 0.2) is 9.84 Å². The molecule has 0 bridgehead atoms. The van der Waals surface area contributed by atoms with E-state index in [4.69, 9.17) is 9.79 Å². The highest BCUT2D eigenvalue weighted by Gasteiger charge is 2.32. The van der Waals surface area contributed by atoms with Crippen LogP contribution in [0.4, 0.5) is 0 Å². The standard InChI is InChI=1S/C15H14NO4PS/c1-22(18,19)12-21(17,15-8-3-2-4-9-15)20-14-7-5-6-13(10-14)11-16/h2-10H,12H2,1H3. The van der Waals surface area contributed by atoms with Crippen LogP contribution in [0.3, 0.4) is 0 Å². The smallest absolute Gasteiger partial charge is 0.291 e. The van der Waals surface area contributed by atoms with Crippen molar-refractivity contribution in [2.45, 2.75) is 0 Å². The average Bonchev–Trinajstić information content (AvgIpc) is 2.46. The Hall–Kier alpha value is -2.09. The monoisotopic (exact) mass is 335 g/mol. The molecule has 22 heavy (non-hydrogen) atoms. The van der Waals surface area contributed by atoms with Crippen LogP contribution < -0.4 is 9.83 Å². The third kappa shape index (κ3) is 4.20. The minimum atomic E-state index is -3.64. The minimum Gasteiger partial charge on any atom is -0.439 e. The summed E-state index contributed by atoms with van der Waals surface area (Å²) in [5, 5.41) is 9.22. The maximum absolute atomic E-state index is 13.1. The molecule has 0 aliphatic rings. The molecule has 2 aromatic rings. The van der Waals surface area contributed by atoms with Gasteiger partial charge in [0.1, 0.15) is 11.2 Å². The number of hydrogen-bond donors (Lipinski definition) is 0. The van der Waals surface area contributed by atoms with Crippen molar-refractivity contribution >= 4 is 22.5 Å². The summed E-state index contributed by atoms with van der Waals surface area (Å²) in [6.07, 6.45) is 1.01. The van der Waals surface area contributed by atoms with Crippen molar-refractivity contribution in [1.29, 1.82) is 5.26 Å². The van der Waals surface area contributed by atoms with E-state index < -0.39 is 22.7 Å². The maximum Gasteiger partial charge on any atom is 0.291 e. The van der Waals surface area contributed by atoms with E-state index >= 15 is 0 Å². The van der Waals surface area contributed by atoms with Crippen molar-refractivity contribution in [3.63, 3.8) is 0 Å². The van der Waals surface area contributed by atoms with E-state index in [-0.39, 0.29) is 5.75 Å². The molecule has 5 nitrogen and oxygen atoms in total. The molecular weight excluding hydrogens is 321 g/mol. The molecule has 0 aliphatic heterocycles. The van der Waals surface area contributed by atoms with Gasteiger partial charge in [-0.15, -0.1) is 0 Å². The summed E-state index contributed by atoms with van der Waals surface area (Å²) in [6.45, 7) is 0.